The molecular formula is C16H14Br2O2. The number of hydrogen-bond acceptors (Lipinski definition) is 2. The number of aliphatic hydroxyl groups excluding tert-OH is 1. The molecule has 0 bridgehead atoms. The molecule has 2 aromatic rings. The van der Waals surface area contributed by atoms with Gasteiger partial charge < -0.3 is 9.84 Å². The van der Waals surface area contributed by atoms with E-state index in [1.807, 2.05) is 18.2 Å². The Morgan fingerprint density at radius 2 is 1.90 bits per heavy atom. The zero-order chi connectivity index (χ0) is 14.3. The minimum absolute atomic E-state index is 0.131. The van der Waals surface area contributed by atoms with Crippen LogP contribution in [0.25, 0.3) is 0 Å². The fraction of sp³-hybridized carbons (Fsp3) is 0.250. The van der Waals surface area contributed by atoms with Crippen LogP contribution in [0.4, 0.5) is 0 Å². The summed E-state index contributed by atoms with van der Waals surface area (Å²) in [6.45, 7) is 2.05. The lowest BCUT2D eigenvalue weighted by Gasteiger charge is -2.30. The molecule has 2 nitrogen and oxygen atoms in total. The molecule has 1 heterocycles. The first-order valence-electron chi connectivity index (χ1n) is 6.45. The van der Waals surface area contributed by atoms with Gasteiger partial charge in [0, 0.05) is 26.5 Å². The molecule has 2 atom stereocenters. The van der Waals surface area contributed by atoms with Crippen molar-refractivity contribution in [3.8, 4) is 5.75 Å². The topological polar surface area (TPSA) is 29.5 Å². The Morgan fingerprint density at radius 1 is 1.10 bits per heavy atom. The van der Waals surface area contributed by atoms with Crippen molar-refractivity contribution in [2.45, 2.75) is 25.6 Å². The Kier molecular flexibility index (Phi) is 3.89. The molecule has 2 aromatic carbocycles. The Morgan fingerprint density at radius 3 is 2.65 bits per heavy atom. The molecule has 1 aliphatic rings. The van der Waals surface area contributed by atoms with Crippen LogP contribution in [0.1, 0.15) is 35.3 Å². The Hall–Kier alpha value is -0.840. The lowest BCUT2D eigenvalue weighted by atomic mass is 9.94. The number of aliphatic hydroxyl groups is 1. The van der Waals surface area contributed by atoms with Crippen molar-refractivity contribution >= 4 is 31.9 Å². The van der Waals surface area contributed by atoms with Crippen LogP contribution in [0.5, 0.6) is 5.75 Å². The van der Waals surface area contributed by atoms with Crippen LogP contribution >= 0.6 is 31.9 Å². The molecule has 0 fully saturated rings. The van der Waals surface area contributed by atoms with Gasteiger partial charge in [0.25, 0.3) is 0 Å². The lowest BCUT2D eigenvalue weighted by molar-refractivity contribution is 0.0653. The molecular weight excluding hydrogens is 384 g/mol. The highest BCUT2D eigenvalue weighted by Gasteiger charge is 2.29. The quantitative estimate of drug-likeness (QED) is 0.727. The smallest absolute Gasteiger partial charge is 0.128 e. The van der Waals surface area contributed by atoms with Gasteiger partial charge in [-0.2, -0.15) is 0 Å². The van der Waals surface area contributed by atoms with E-state index < -0.39 is 6.10 Å². The minimum atomic E-state index is -0.505. The fourth-order valence-corrected chi connectivity index (χ4v) is 3.63. The number of fused-ring (bicyclic) bond motifs is 1. The zero-order valence-electron chi connectivity index (χ0n) is 10.9. The van der Waals surface area contributed by atoms with E-state index in [0.717, 1.165) is 25.8 Å². The van der Waals surface area contributed by atoms with Gasteiger partial charge in [-0.05, 0) is 36.8 Å². The summed E-state index contributed by atoms with van der Waals surface area (Å²) in [6.07, 6.45) is -0.0754. The highest BCUT2D eigenvalue weighted by molar-refractivity contribution is 9.10. The van der Waals surface area contributed by atoms with Gasteiger partial charge >= 0.3 is 0 Å². The number of hydrogen-bond donors (Lipinski definition) is 1. The van der Waals surface area contributed by atoms with Crippen LogP contribution in [0.3, 0.4) is 0 Å². The summed E-state index contributed by atoms with van der Waals surface area (Å²) in [5, 5.41) is 10.3. The van der Waals surface area contributed by atoms with Crippen LogP contribution in [0, 0.1) is 6.92 Å². The van der Waals surface area contributed by atoms with Gasteiger partial charge in [-0.3, -0.25) is 0 Å². The molecule has 0 spiro atoms. The Balaban J connectivity index is 1.97. The number of halogens is 2. The average Bonchev–Trinajstić information content (AvgIpc) is 2.39. The largest absolute Gasteiger partial charge is 0.485 e. The maximum absolute atomic E-state index is 10.3. The molecule has 3 rings (SSSR count). The molecule has 0 saturated heterocycles. The molecule has 2 unspecified atom stereocenters. The third kappa shape index (κ3) is 2.65. The first kappa shape index (κ1) is 14.1. The van der Waals surface area contributed by atoms with E-state index in [4.69, 9.17) is 4.74 Å². The highest BCUT2D eigenvalue weighted by Crippen LogP contribution is 2.43. The van der Waals surface area contributed by atoms with E-state index in [1.165, 1.54) is 5.56 Å². The second-order valence-electron chi connectivity index (χ2n) is 5.07. The predicted octanol–water partition coefficient (Wildman–Crippen LogP) is 5.08. The summed E-state index contributed by atoms with van der Waals surface area (Å²) >= 11 is 7.01. The van der Waals surface area contributed by atoms with E-state index in [-0.39, 0.29) is 6.10 Å². The summed E-state index contributed by atoms with van der Waals surface area (Å²) in [4.78, 5) is 0. The molecule has 20 heavy (non-hydrogen) atoms. The first-order valence-corrected chi connectivity index (χ1v) is 8.03. The third-order valence-electron chi connectivity index (χ3n) is 3.54. The molecule has 1 N–H and O–H groups in total. The normalized spacial score (nSPS) is 21.2. The number of ether oxygens (including phenoxy) is 1. The summed E-state index contributed by atoms with van der Waals surface area (Å²) in [5.41, 5.74) is 3.11. The monoisotopic (exact) mass is 396 g/mol. The van der Waals surface area contributed by atoms with E-state index in [0.29, 0.717) is 6.42 Å². The average molecular weight is 398 g/mol. The zero-order valence-corrected chi connectivity index (χ0v) is 14.1. The molecule has 0 saturated carbocycles. The second-order valence-corrected chi connectivity index (χ2v) is 6.84. The minimum Gasteiger partial charge on any atom is -0.485 e. The van der Waals surface area contributed by atoms with Crippen molar-refractivity contribution in [2.75, 3.05) is 0 Å². The van der Waals surface area contributed by atoms with E-state index >= 15 is 0 Å². The van der Waals surface area contributed by atoms with Crippen molar-refractivity contribution in [2.24, 2.45) is 0 Å². The van der Waals surface area contributed by atoms with Crippen LogP contribution in [0.2, 0.25) is 0 Å². The molecule has 0 radical (unpaired) electrons. The van der Waals surface area contributed by atoms with Crippen molar-refractivity contribution in [3.63, 3.8) is 0 Å². The molecule has 0 aromatic heterocycles. The Bertz CT molecular complexity index is 655. The van der Waals surface area contributed by atoms with Gasteiger partial charge in [-0.25, -0.2) is 0 Å². The van der Waals surface area contributed by atoms with Crippen molar-refractivity contribution in [3.05, 3.63) is 62.0 Å². The first-order chi connectivity index (χ1) is 9.54. The number of rotatable bonds is 1. The van der Waals surface area contributed by atoms with Gasteiger partial charge in [-0.15, -0.1) is 0 Å². The summed E-state index contributed by atoms with van der Waals surface area (Å²) in [5.74, 6) is 0.754. The standard InChI is InChI=1S/C16H14Br2O2/c1-9-2-4-11(13(18)6-9)16-8-14(19)12-7-10(17)3-5-15(12)20-16/h2-7,14,16,19H,8H2,1H3. The predicted molar refractivity (Wildman–Crippen MR) is 86.0 cm³/mol. The van der Waals surface area contributed by atoms with Crippen LogP contribution < -0.4 is 4.74 Å². The molecule has 104 valence electrons. The third-order valence-corrected chi connectivity index (χ3v) is 4.72. The van der Waals surface area contributed by atoms with E-state index in [9.17, 15) is 5.11 Å². The molecule has 0 aliphatic carbocycles. The summed E-state index contributed by atoms with van der Waals surface area (Å²) in [7, 11) is 0. The Labute approximate surface area is 135 Å². The molecule has 1 aliphatic heterocycles. The van der Waals surface area contributed by atoms with E-state index in [1.54, 1.807) is 0 Å². The molecule has 0 amide bonds. The van der Waals surface area contributed by atoms with Crippen molar-refractivity contribution < 1.29 is 9.84 Å². The SMILES string of the molecule is Cc1ccc(C2CC(O)c3cc(Br)ccc3O2)c(Br)c1. The number of aryl methyl sites for hydroxylation is 1. The van der Waals surface area contributed by atoms with Crippen molar-refractivity contribution in [1.29, 1.82) is 0 Å². The van der Waals surface area contributed by atoms with Crippen molar-refractivity contribution in [1.82, 2.24) is 0 Å². The number of benzene rings is 2. The van der Waals surface area contributed by atoms with Gasteiger partial charge in [0.15, 0.2) is 0 Å². The van der Waals surface area contributed by atoms with Gasteiger partial charge in [0.05, 0.1) is 6.10 Å². The second kappa shape index (κ2) is 5.51. The van der Waals surface area contributed by atoms with Gasteiger partial charge in [0.2, 0.25) is 0 Å². The van der Waals surface area contributed by atoms with Crippen LogP contribution in [-0.4, -0.2) is 5.11 Å². The van der Waals surface area contributed by atoms with Crippen LogP contribution in [0.15, 0.2) is 45.3 Å². The maximum Gasteiger partial charge on any atom is 0.128 e. The summed E-state index contributed by atoms with van der Waals surface area (Å²) < 4.78 is 8.03. The highest BCUT2D eigenvalue weighted by atomic mass is 79.9. The van der Waals surface area contributed by atoms with Gasteiger partial charge in [-0.1, -0.05) is 44.0 Å². The lowest BCUT2D eigenvalue weighted by Crippen LogP contribution is -2.19. The van der Waals surface area contributed by atoms with Crippen LogP contribution in [-0.2, 0) is 0 Å². The van der Waals surface area contributed by atoms with Gasteiger partial charge in [0.1, 0.15) is 11.9 Å². The maximum atomic E-state index is 10.3. The molecule has 4 heteroatoms. The fourth-order valence-electron chi connectivity index (χ4n) is 2.50. The summed E-state index contributed by atoms with van der Waals surface area (Å²) in [6, 6.07) is 11.9. The van der Waals surface area contributed by atoms with E-state index in [2.05, 4.69) is 57.0 Å².